The first-order valence-corrected chi connectivity index (χ1v) is 10.3. The van der Waals surface area contributed by atoms with E-state index in [1.54, 1.807) is 6.07 Å². The monoisotopic (exact) mass is 386 g/mol. The number of nitrogens with zero attached hydrogens (tertiary/aromatic N) is 1. The number of carbonyl (C=O) groups excluding carboxylic acids is 2. The quantitative estimate of drug-likeness (QED) is 0.797. The number of nitrogens with one attached hydrogen (secondary N) is 1. The lowest BCUT2D eigenvalue weighted by atomic mass is 9.95. The van der Waals surface area contributed by atoms with E-state index in [4.69, 9.17) is 0 Å². The molecule has 1 aromatic carbocycles. The first-order valence-electron chi connectivity index (χ1n) is 9.43. The van der Waals surface area contributed by atoms with Crippen molar-refractivity contribution in [1.29, 1.82) is 0 Å². The van der Waals surface area contributed by atoms with Crippen LogP contribution in [0, 0.1) is 6.92 Å². The second-order valence-corrected chi connectivity index (χ2v) is 8.00. The number of rotatable bonds is 6. The van der Waals surface area contributed by atoms with Gasteiger partial charge in [-0.05, 0) is 48.9 Å². The van der Waals surface area contributed by atoms with Crippen LogP contribution in [0.3, 0.4) is 0 Å². The molecule has 3 rings (SSSR count). The van der Waals surface area contributed by atoms with Gasteiger partial charge in [-0.2, -0.15) is 0 Å². The molecule has 1 heterocycles. The van der Waals surface area contributed by atoms with E-state index in [-0.39, 0.29) is 11.9 Å². The number of hydrogen-bond donors (Lipinski definition) is 2. The topological polar surface area (TPSA) is 69.6 Å². The average Bonchev–Trinajstić information content (AvgIpc) is 3.20. The Hall–Kier alpha value is -2.18. The summed E-state index contributed by atoms with van der Waals surface area (Å²) < 4.78 is 0. The Kier molecular flexibility index (Phi) is 6.63. The van der Waals surface area contributed by atoms with Crippen molar-refractivity contribution in [2.75, 3.05) is 11.5 Å². The summed E-state index contributed by atoms with van der Waals surface area (Å²) in [6.07, 6.45) is 5.39. The fourth-order valence-corrected chi connectivity index (χ4v) is 4.45. The number of aliphatic hydroxyl groups is 1. The minimum Gasteiger partial charge on any atom is -0.387 e. The third-order valence-corrected chi connectivity index (χ3v) is 5.88. The first kappa shape index (κ1) is 19.6. The molecule has 144 valence electrons. The Morgan fingerprint density at radius 2 is 2.00 bits per heavy atom. The molecule has 0 saturated heterocycles. The molecule has 2 N–H and O–H groups in total. The highest BCUT2D eigenvalue weighted by Crippen LogP contribution is 2.32. The second kappa shape index (κ2) is 9.15. The molecule has 0 aliphatic heterocycles. The van der Waals surface area contributed by atoms with Gasteiger partial charge in [0.2, 0.25) is 5.91 Å². The molecule has 2 amide bonds. The van der Waals surface area contributed by atoms with Crippen molar-refractivity contribution >= 4 is 28.8 Å². The smallest absolute Gasteiger partial charge is 0.253 e. The number of anilines is 1. The summed E-state index contributed by atoms with van der Waals surface area (Å²) in [5.74, 6) is -0.676. The summed E-state index contributed by atoms with van der Waals surface area (Å²) in [4.78, 5) is 28.1. The molecule has 1 saturated carbocycles. The normalized spacial score (nSPS) is 15.9. The highest BCUT2D eigenvalue weighted by atomic mass is 32.1. The zero-order valence-electron chi connectivity index (χ0n) is 15.6. The minimum absolute atomic E-state index is 0.150. The van der Waals surface area contributed by atoms with E-state index in [9.17, 15) is 14.7 Å². The van der Waals surface area contributed by atoms with Crippen molar-refractivity contribution in [1.82, 2.24) is 5.32 Å². The molecule has 1 aliphatic rings. The molecule has 1 aliphatic carbocycles. The van der Waals surface area contributed by atoms with Crippen molar-refractivity contribution in [2.45, 2.75) is 51.1 Å². The van der Waals surface area contributed by atoms with Gasteiger partial charge in [0, 0.05) is 16.6 Å². The third kappa shape index (κ3) is 4.76. The fraction of sp³-hybridized carbons (Fsp3) is 0.429. The Labute approximate surface area is 164 Å². The number of aryl methyl sites for hydroxylation is 1. The Morgan fingerprint density at radius 3 is 2.63 bits per heavy atom. The first-order chi connectivity index (χ1) is 13.1. The molecule has 1 unspecified atom stereocenters. The Morgan fingerprint density at radius 1 is 1.22 bits per heavy atom. The van der Waals surface area contributed by atoms with Gasteiger partial charge in [0.15, 0.2) is 0 Å². The third-order valence-electron chi connectivity index (χ3n) is 4.95. The number of amides is 2. The van der Waals surface area contributed by atoms with Crippen LogP contribution >= 0.6 is 11.3 Å². The van der Waals surface area contributed by atoms with Gasteiger partial charge in [0.05, 0.1) is 0 Å². The van der Waals surface area contributed by atoms with Crippen molar-refractivity contribution < 1.29 is 14.7 Å². The van der Waals surface area contributed by atoms with Gasteiger partial charge in [0.25, 0.3) is 5.91 Å². The highest BCUT2D eigenvalue weighted by Gasteiger charge is 2.34. The molecule has 1 atom stereocenters. The van der Waals surface area contributed by atoms with Crippen LogP contribution in [0.25, 0.3) is 0 Å². The highest BCUT2D eigenvalue weighted by molar-refractivity contribution is 7.10. The van der Waals surface area contributed by atoms with Crippen molar-refractivity contribution in [3.8, 4) is 0 Å². The van der Waals surface area contributed by atoms with Crippen LogP contribution in [-0.2, 0) is 9.59 Å². The van der Waals surface area contributed by atoms with Gasteiger partial charge in [-0.15, -0.1) is 11.3 Å². The van der Waals surface area contributed by atoms with E-state index in [1.807, 2.05) is 42.6 Å². The molecular formula is C21H26N2O3S. The van der Waals surface area contributed by atoms with Crippen LogP contribution in [-0.4, -0.2) is 29.6 Å². The van der Waals surface area contributed by atoms with Crippen molar-refractivity contribution in [3.63, 3.8) is 0 Å². The van der Waals surface area contributed by atoms with Crippen LogP contribution in [0.2, 0.25) is 0 Å². The van der Waals surface area contributed by atoms with Gasteiger partial charge >= 0.3 is 0 Å². The molecule has 1 fully saturated rings. The average molecular weight is 387 g/mol. The van der Waals surface area contributed by atoms with Gasteiger partial charge in [-0.3, -0.25) is 14.5 Å². The van der Waals surface area contributed by atoms with Crippen LogP contribution in [0.5, 0.6) is 0 Å². The molecule has 0 spiro atoms. The molecular weight excluding hydrogens is 360 g/mol. The summed E-state index contributed by atoms with van der Waals surface area (Å²) in [7, 11) is 0. The van der Waals surface area contributed by atoms with E-state index in [2.05, 4.69) is 5.32 Å². The minimum atomic E-state index is -0.784. The Balaban J connectivity index is 1.96. The van der Waals surface area contributed by atoms with Crippen LogP contribution in [0.1, 0.15) is 48.6 Å². The molecule has 2 aromatic rings. The van der Waals surface area contributed by atoms with Gasteiger partial charge in [0.1, 0.15) is 12.6 Å². The summed E-state index contributed by atoms with van der Waals surface area (Å²) in [5, 5.41) is 14.6. The number of aliphatic hydroxyl groups excluding tert-OH is 1. The summed E-state index contributed by atoms with van der Waals surface area (Å²) >= 11 is 1.44. The Bertz CT molecular complexity index is 769. The zero-order valence-corrected chi connectivity index (χ0v) is 16.4. The van der Waals surface area contributed by atoms with Crippen LogP contribution in [0.4, 0.5) is 5.69 Å². The second-order valence-electron chi connectivity index (χ2n) is 7.02. The number of benzene rings is 1. The van der Waals surface area contributed by atoms with Crippen LogP contribution < -0.4 is 10.2 Å². The SMILES string of the molecule is Cc1cccc(N(C(=O)CO)C(C(=O)NC2CCCCC2)c2cccs2)c1. The van der Waals surface area contributed by atoms with E-state index in [1.165, 1.54) is 22.7 Å². The number of hydrogen-bond acceptors (Lipinski definition) is 4. The maximum Gasteiger partial charge on any atom is 0.253 e. The van der Waals surface area contributed by atoms with Gasteiger partial charge in [-0.25, -0.2) is 0 Å². The molecule has 0 bridgehead atoms. The maximum absolute atomic E-state index is 13.2. The molecule has 6 heteroatoms. The predicted molar refractivity (Wildman–Crippen MR) is 108 cm³/mol. The molecule has 1 aromatic heterocycles. The molecule has 27 heavy (non-hydrogen) atoms. The lowest BCUT2D eigenvalue weighted by Crippen LogP contribution is -2.47. The van der Waals surface area contributed by atoms with Gasteiger partial charge in [-0.1, -0.05) is 37.5 Å². The lowest BCUT2D eigenvalue weighted by Gasteiger charge is -2.32. The summed E-state index contributed by atoms with van der Waals surface area (Å²) in [6.45, 7) is 1.29. The van der Waals surface area contributed by atoms with Gasteiger partial charge < -0.3 is 10.4 Å². The summed E-state index contributed by atoms with van der Waals surface area (Å²) in [5.41, 5.74) is 1.60. The summed E-state index contributed by atoms with van der Waals surface area (Å²) in [6, 6.07) is 10.6. The zero-order chi connectivity index (χ0) is 19.2. The lowest BCUT2D eigenvalue weighted by molar-refractivity contribution is -0.128. The molecule has 0 radical (unpaired) electrons. The fourth-order valence-electron chi connectivity index (χ4n) is 3.64. The van der Waals surface area contributed by atoms with Crippen molar-refractivity contribution in [3.05, 3.63) is 52.2 Å². The van der Waals surface area contributed by atoms with E-state index < -0.39 is 18.6 Å². The number of carbonyl (C=O) groups is 2. The van der Waals surface area contributed by atoms with E-state index in [0.29, 0.717) is 5.69 Å². The van der Waals surface area contributed by atoms with E-state index in [0.717, 1.165) is 36.1 Å². The van der Waals surface area contributed by atoms with E-state index >= 15 is 0 Å². The standard InChI is InChI=1S/C21H26N2O3S/c1-15-7-5-10-17(13-15)23(19(25)14-24)20(18-11-6-12-27-18)21(26)22-16-8-3-2-4-9-16/h5-7,10-13,16,20,24H,2-4,8-9,14H2,1H3,(H,22,26). The number of thiophene rings is 1. The molecule has 5 nitrogen and oxygen atoms in total. The van der Waals surface area contributed by atoms with Crippen molar-refractivity contribution in [2.24, 2.45) is 0 Å². The van der Waals surface area contributed by atoms with Crippen LogP contribution in [0.15, 0.2) is 41.8 Å². The largest absolute Gasteiger partial charge is 0.387 e. The predicted octanol–water partition coefficient (Wildman–Crippen LogP) is 3.57. The maximum atomic E-state index is 13.2.